The second-order valence-electron chi connectivity index (χ2n) is 7.24. The lowest BCUT2D eigenvalue weighted by molar-refractivity contribution is -0.149. The van der Waals surface area contributed by atoms with Crippen LogP contribution < -0.4 is 10.6 Å². The van der Waals surface area contributed by atoms with E-state index in [9.17, 15) is 24.6 Å². The number of rotatable bonds is 6. The molecule has 11 nitrogen and oxygen atoms in total. The predicted octanol–water partition coefficient (Wildman–Crippen LogP) is -1.45. The van der Waals surface area contributed by atoms with Crippen LogP contribution in [0, 0.1) is 0 Å². The van der Waals surface area contributed by atoms with Crippen molar-refractivity contribution in [3.8, 4) is 0 Å². The van der Waals surface area contributed by atoms with Crippen molar-refractivity contribution in [2.24, 2.45) is 0 Å². The van der Waals surface area contributed by atoms with Gasteiger partial charge in [-0.2, -0.15) is 0 Å². The van der Waals surface area contributed by atoms with Crippen LogP contribution in [0.5, 0.6) is 0 Å². The Labute approximate surface area is 162 Å². The van der Waals surface area contributed by atoms with Crippen molar-refractivity contribution in [3.63, 3.8) is 0 Å². The first-order valence-corrected chi connectivity index (χ1v) is 8.60. The largest absolute Gasteiger partial charge is 0.478 e. The van der Waals surface area contributed by atoms with Gasteiger partial charge in [-0.05, 0) is 26.8 Å². The van der Waals surface area contributed by atoms with Gasteiger partial charge >= 0.3 is 12.1 Å². The van der Waals surface area contributed by atoms with Crippen LogP contribution >= 0.6 is 0 Å². The van der Waals surface area contributed by atoms with Gasteiger partial charge in [0.25, 0.3) is 0 Å². The molecular formula is C17H28N2O9. The highest BCUT2D eigenvalue weighted by Crippen LogP contribution is 2.24. The Morgan fingerprint density at radius 2 is 1.86 bits per heavy atom. The number of aliphatic hydroxyl groups is 3. The third-order valence-corrected chi connectivity index (χ3v) is 3.69. The Morgan fingerprint density at radius 1 is 1.25 bits per heavy atom. The summed E-state index contributed by atoms with van der Waals surface area (Å²) in [4.78, 5) is 35.7. The maximum absolute atomic E-state index is 12.2. The summed E-state index contributed by atoms with van der Waals surface area (Å²) in [5.74, 6) is -1.76. The standard InChI is InChI=1S/C17H28N2O9/c1-8(21)18-12-9(19-16(25)28-17(2,3)4)6-11(15(24)26-5)27-14(12)13(23)10(22)7-20/h6,9-10,12-14,20,22-23H,7H2,1-5H3,(H,18,21)(H,19,25)/t9-,10?,12-,13?,14?/m0/s1. The zero-order valence-electron chi connectivity index (χ0n) is 16.5. The van der Waals surface area contributed by atoms with E-state index in [1.54, 1.807) is 20.8 Å². The Balaban J connectivity index is 3.27. The van der Waals surface area contributed by atoms with Gasteiger partial charge in [0.2, 0.25) is 11.7 Å². The quantitative estimate of drug-likeness (QED) is 0.333. The molecular weight excluding hydrogens is 376 g/mol. The first-order valence-electron chi connectivity index (χ1n) is 8.60. The molecule has 1 heterocycles. The molecule has 0 aliphatic carbocycles. The first kappa shape index (κ1) is 23.7. The highest BCUT2D eigenvalue weighted by molar-refractivity contribution is 5.87. The Morgan fingerprint density at radius 3 is 2.32 bits per heavy atom. The van der Waals surface area contributed by atoms with Gasteiger partial charge in [0.1, 0.15) is 23.9 Å². The highest BCUT2D eigenvalue weighted by Gasteiger charge is 2.44. The normalized spacial score (nSPS) is 24.1. The maximum atomic E-state index is 12.2. The fraction of sp³-hybridized carbons (Fsp3) is 0.706. The van der Waals surface area contributed by atoms with Gasteiger partial charge in [-0.15, -0.1) is 0 Å². The molecule has 0 aromatic heterocycles. The third kappa shape index (κ3) is 6.66. The number of carbonyl (C=O) groups is 3. The molecule has 1 rings (SSSR count). The minimum atomic E-state index is -1.70. The Bertz CT molecular complexity index is 614. The number of methoxy groups -OCH3 is 1. The van der Waals surface area contributed by atoms with Gasteiger partial charge in [-0.3, -0.25) is 4.79 Å². The van der Waals surface area contributed by atoms with E-state index < -0.39 is 60.6 Å². The van der Waals surface area contributed by atoms with Crippen LogP contribution in [0.4, 0.5) is 4.79 Å². The van der Waals surface area contributed by atoms with Crippen molar-refractivity contribution in [1.29, 1.82) is 0 Å². The topological polar surface area (TPSA) is 164 Å². The van der Waals surface area contributed by atoms with E-state index in [0.717, 1.165) is 7.11 Å². The van der Waals surface area contributed by atoms with Crippen LogP contribution in [0.2, 0.25) is 0 Å². The van der Waals surface area contributed by atoms with Crippen molar-refractivity contribution in [1.82, 2.24) is 10.6 Å². The molecule has 0 spiro atoms. The molecule has 0 aromatic carbocycles. The number of hydrogen-bond acceptors (Lipinski definition) is 9. The smallest absolute Gasteiger partial charge is 0.408 e. The molecule has 28 heavy (non-hydrogen) atoms. The molecule has 160 valence electrons. The number of ether oxygens (including phenoxy) is 3. The fourth-order valence-corrected chi connectivity index (χ4v) is 2.54. The van der Waals surface area contributed by atoms with E-state index in [2.05, 4.69) is 15.4 Å². The summed E-state index contributed by atoms with van der Waals surface area (Å²) < 4.78 is 15.2. The fourth-order valence-electron chi connectivity index (χ4n) is 2.54. The third-order valence-electron chi connectivity index (χ3n) is 3.69. The predicted molar refractivity (Wildman–Crippen MR) is 94.8 cm³/mol. The van der Waals surface area contributed by atoms with Crippen molar-refractivity contribution >= 4 is 18.0 Å². The number of carbonyl (C=O) groups excluding carboxylic acids is 3. The zero-order valence-corrected chi connectivity index (χ0v) is 16.5. The van der Waals surface area contributed by atoms with E-state index in [1.807, 2.05) is 0 Å². The summed E-state index contributed by atoms with van der Waals surface area (Å²) >= 11 is 0. The zero-order chi connectivity index (χ0) is 21.6. The first-order chi connectivity index (χ1) is 12.9. The summed E-state index contributed by atoms with van der Waals surface area (Å²) in [5.41, 5.74) is -0.806. The molecule has 0 fully saturated rings. The van der Waals surface area contributed by atoms with Gasteiger partial charge in [0, 0.05) is 6.92 Å². The van der Waals surface area contributed by atoms with E-state index in [0.29, 0.717) is 0 Å². The number of aliphatic hydroxyl groups excluding tert-OH is 3. The molecule has 0 radical (unpaired) electrons. The highest BCUT2D eigenvalue weighted by atomic mass is 16.6. The van der Waals surface area contributed by atoms with Crippen LogP contribution in [-0.2, 0) is 23.8 Å². The number of nitrogens with one attached hydrogen (secondary N) is 2. The molecule has 0 aromatic rings. The van der Waals surface area contributed by atoms with Crippen LogP contribution in [0.15, 0.2) is 11.8 Å². The molecule has 3 unspecified atom stereocenters. The maximum Gasteiger partial charge on any atom is 0.408 e. The number of amides is 2. The van der Waals surface area contributed by atoms with Gasteiger partial charge in [-0.1, -0.05) is 0 Å². The average Bonchev–Trinajstić information content (AvgIpc) is 2.58. The Hall–Kier alpha value is -2.37. The summed E-state index contributed by atoms with van der Waals surface area (Å²) in [6, 6.07) is -2.14. The lowest BCUT2D eigenvalue weighted by Gasteiger charge is -2.40. The van der Waals surface area contributed by atoms with Crippen LogP contribution in [0.3, 0.4) is 0 Å². The molecule has 5 atom stereocenters. The van der Waals surface area contributed by atoms with Crippen LogP contribution in [0.1, 0.15) is 27.7 Å². The van der Waals surface area contributed by atoms with E-state index in [-0.39, 0.29) is 5.76 Å². The van der Waals surface area contributed by atoms with Gasteiger partial charge < -0.3 is 40.2 Å². The summed E-state index contributed by atoms with van der Waals surface area (Å²) in [7, 11) is 1.11. The lowest BCUT2D eigenvalue weighted by atomic mass is 9.92. The second kappa shape index (κ2) is 9.71. The van der Waals surface area contributed by atoms with Crippen molar-refractivity contribution in [3.05, 3.63) is 11.8 Å². The molecule has 0 saturated heterocycles. The number of hydrogen-bond donors (Lipinski definition) is 5. The van der Waals surface area contributed by atoms with Crippen molar-refractivity contribution < 1.29 is 43.9 Å². The average molecular weight is 404 g/mol. The minimum Gasteiger partial charge on any atom is -0.478 e. The molecule has 1 aliphatic heterocycles. The van der Waals surface area contributed by atoms with Crippen LogP contribution in [0.25, 0.3) is 0 Å². The Kier molecular flexibility index (Phi) is 8.21. The molecule has 2 amide bonds. The second-order valence-corrected chi connectivity index (χ2v) is 7.24. The monoisotopic (exact) mass is 404 g/mol. The summed E-state index contributed by atoms with van der Waals surface area (Å²) in [5, 5.41) is 34.2. The summed E-state index contributed by atoms with van der Waals surface area (Å²) in [6.07, 6.45) is -4.35. The van der Waals surface area contributed by atoms with Gasteiger partial charge in [0.15, 0.2) is 0 Å². The SMILES string of the molecule is COC(=O)C1=C[C@H](NC(=O)OC(C)(C)C)[C@H](NC(C)=O)C(C(O)C(O)CO)O1. The van der Waals surface area contributed by atoms with Crippen LogP contribution in [-0.4, -0.2) is 83.0 Å². The van der Waals surface area contributed by atoms with Crippen molar-refractivity contribution in [2.75, 3.05) is 13.7 Å². The summed E-state index contributed by atoms with van der Waals surface area (Å²) in [6.45, 7) is 5.37. The molecule has 11 heteroatoms. The van der Waals surface area contributed by atoms with E-state index in [4.69, 9.17) is 14.6 Å². The minimum absolute atomic E-state index is 0.348. The van der Waals surface area contributed by atoms with E-state index >= 15 is 0 Å². The molecule has 0 saturated carbocycles. The number of esters is 1. The van der Waals surface area contributed by atoms with E-state index in [1.165, 1.54) is 13.0 Å². The van der Waals surface area contributed by atoms with Crippen molar-refractivity contribution in [2.45, 2.75) is 63.7 Å². The van der Waals surface area contributed by atoms with Gasteiger partial charge in [0.05, 0.1) is 25.8 Å². The molecule has 0 bridgehead atoms. The lowest BCUT2D eigenvalue weighted by Crippen LogP contribution is -2.63. The van der Waals surface area contributed by atoms with Gasteiger partial charge in [-0.25, -0.2) is 9.59 Å². The molecule has 5 N–H and O–H groups in total. The molecule has 1 aliphatic rings. The number of alkyl carbamates (subject to hydrolysis) is 1.